The second-order valence-electron chi connectivity index (χ2n) is 7.60. The number of esters is 2. The summed E-state index contributed by atoms with van der Waals surface area (Å²) >= 11 is 10.4. The van der Waals surface area contributed by atoms with Gasteiger partial charge in [-0.15, -0.1) is 0 Å². The maximum Gasteiger partial charge on any atom is 0.338 e. The highest BCUT2D eigenvalue weighted by molar-refractivity contribution is 9.10. The molecule has 4 unspecified atom stereocenters. The number of hydrogen-bond donors (Lipinski definition) is 0. The van der Waals surface area contributed by atoms with Gasteiger partial charge in [-0.3, -0.25) is 0 Å². The van der Waals surface area contributed by atoms with Crippen molar-refractivity contribution < 1.29 is 23.8 Å². The molecule has 32 heavy (non-hydrogen) atoms. The summed E-state index contributed by atoms with van der Waals surface area (Å²) < 4.78 is 19.5. The van der Waals surface area contributed by atoms with E-state index in [1.54, 1.807) is 48.5 Å². The van der Waals surface area contributed by atoms with E-state index >= 15 is 0 Å². The predicted octanol–water partition coefficient (Wildman–Crippen LogP) is 6.71. The fourth-order valence-electron chi connectivity index (χ4n) is 3.52. The average Bonchev–Trinajstić information content (AvgIpc) is 2.78. The first-order valence-corrected chi connectivity index (χ1v) is 13.1. The highest BCUT2D eigenvalue weighted by Crippen LogP contribution is 2.27. The van der Waals surface area contributed by atoms with Crippen molar-refractivity contribution >= 4 is 59.7 Å². The maximum absolute atomic E-state index is 12.8. The predicted molar refractivity (Wildman–Crippen MR) is 133 cm³/mol. The summed E-state index contributed by atoms with van der Waals surface area (Å²) in [6, 6.07) is 14.0. The molecule has 1 aliphatic heterocycles. The Labute approximate surface area is 213 Å². The molecule has 1 fully saturated rings. The highest BCUT2D eigenvalue weighted by Gasteiger charge is 2.33. The van der Waals surface area contributed by atoms with Crippen molar-refractivity contribution in [2.75, 3.05) is 6.61 Å². The smallest absolute Gasteiger partial charge is 0.338 e. The molecular formula is C24H25Br3O5. The standard InChI is InChI=1S/C24H25Br3O5/c1-2-19(27)20-11-12-21(31-23(28)15-3-7-17(25)8-4-15)22(13-14-30-20)32-24(29)16-5-9-18(26)10-6-16/h3-10,19-22H,2,11-14H2,1H3. The van der Waals surface area contributed by atoms with Crippen LogP contribution in [0.3, 0.4) is 0 Å². The van der Waals surface area contributed by atoms with Gasteiger partial charge in [-0.1, -0.05) is 54.7 Å². The average molecular weight is 633 g/mol. The second kappa shape index (κ2) is 12.3. The van der Waals surface area contributed by atoms with E-state index in [0.717, 1.165) is 15.4 Å². The lowest BCUT2D eigenvalue weighted by Crippen LogP contribution is -2.40. The number of ether oxygens (including phenoxy) is 3. The SMILES string of the molecule is CCC(Br)C1CCC(OC(=O)c2ccc(Br)cc2)C(OC(=O)c2ccc(Br)cc2)CCO1. The molecule has 4 atom stereocenters. The number of alkyl halides is 1. The molecule has 0 bridgehead atoms. The number of carbonyl (C=O) groups is 2. The van der Waals surface area contributed by atoms with E-state index in [0.29, 0.717) is 37.0 Å². The molecule has 2 aromatic rings. The van der Waals surface area contributed by atoms with Crippen LogP contribution in [0, 0.1) is 0 Å². The summed E-state index contributed by atoms with van der Waals surface area (Å²) in [5.41, 5.74) is 0.895. The van der Waals surface area contributed by atoms with E-state index < -0.39 is 24.1 Å². The first-order chi connectivity index (χ1) is 15.4. The van der Waals surface area contributed by atoms with Gasteiger partial charge in [0.1, 0.15) is 12.2 Å². The van der Waals surface area contributed by atoms with Crippen molar-refractivity contribution in [1.82, 2.24) is 0 Å². The second-order valence-corrected chi connectivity index (χ2v) is 10.6. The molecule has 0 amide bonds. The minimum atomic E-state index is -0.595. The van der Waals surface area contributed by atoms with Crippen molar-refractivity contribution in [1.29, 1.82) is 0 Å². The van der Waals surface area contributed by atoms with Crippen LogP contribution in [0.5, 0.6) is 0 Å². The van der Waals surface area contributed by atoms with Crippen LogP contribution in [-0.4, -0.2) is 41.7 Å². The molecule has 1 saturated heterocycles. The van der Waals surface area contributed by atoms with Crippen LogP contribution in [0.25, 0.3) is 0 Å². The molecule has 1 aliphatic rings. The number of hydrogen-bond acceptors (Lipinski definition) is 5. The van der Waals surface area contributed by atoms with Crippen LogP contribution in [-0.2, 0) is 14.2 Å². The summed E-state index contributed by atoms with van der Waals surface area (Å²) in [5.74, 6) is -0.882. The van der Waals surface area contributed by atoms with Crippen LogP contribution < -0.4 is 0 Å². The molecule has 0 N–H and O–H groups in total. The Balaban J connectivity index is 1.76. The van der Waals surface area contributed by atoms with Crippen LogP contribution in [0.4, 0.5) is 0 Å². The topological polar surface area (TPSA) is 61.8 Å². The van der Waals surface area contributed by atoms with Crippen LogP contribution >= 0.6 is 47.8 Å². The molecule has 0 aliphatic carbocycles. The van der Waals surface area contributed by atoms with Gasteiger partial charge in [0.15, 0.2) is 0 Å². The Morgan fingerprint density at radius 1 is 0.875 bits per heavy atom. The Bertz CT molecular complexity index is 901. The normalized spacial score (nSPS) is 22.3. The maximum atomic E-state index is 12.8. The lowest BCUT2D eigenvalue weighted by atomic mass is 9.99. The molecule has 3 rings (SSSR count). The number of benzene rings is 2. The molecule has 8 heteroatoms. The van der Waals surface area contributed by atoms with Gasteiger partial charge in [0, 0.05) is 20.2 Å². The van der Waals surface area contributed by atoms with E-state index in [1.165, 1.54) is 0 Å². The van der Waals surface area contributed by atoms with Gasteiger partial charge in [0.2, 0.25) is 0 Å². The van der Waals surface area contributed by atoms with Gasteiger partial charge < -0.3 is 14.2 Å². The molecule has 2 aromatic carbocycles. The van der Waals surface area contributed by atoms with Gasteiger partial charge in [-0.2, -0.15) is 0 Å². The minimum Gasteiger partial charge on any atom is -0.455 e. The number of halogens is 3. The minimum absolute atomic E-state index is 0.0111. The zero-order valence-corrected chi connectivity index (χ0v) is 22.4. The molecule has 5 nitrogen and oxygen atoms in total. The van der Waals surface area contributed by atoms with E-state index in [2.05, 4.69) is 54.7 Å². The Hall–Kier alpha value is -1.22. The highest BCUT2D eigenvalue weighted by atomic mass is 79.9. The lowest BCUT2D eigenvalue weighted by molar-refractivity contribution is -0.0730. The summed E-state index contributed by atoms with van der Waals surface area (Å²) in [4.78, 5) is 25.8. The first-order valence-electron chi connectivity index (χ1n) is 10.6. The summed E-state index contributed by atoms with van der Waals surface area (Å²) in [5, 5.41) is 0. The van der Waals surface area contributed by atoms with Crippen LogP contribution in [0.1, 0.15) is 53.3 Å². The van der Waals surface area contributed by atoms with Gasteiger partial charge in [-0.25, -0.2) is 9.59 Å². The Morgan fingerprint density at radius 3 is 1.81 bits per heavy atom. The summed E-state index contributed by atoms with van der Waals surface area (Å²) in [7, 11) is 0. The molecule has 0 radical (unpaired) electrons. The van der Waals surface area contributed by atoms with Gasteiger partial charge >= 0.3 is 11.9 Å². The summed E-state index contributed by atoms with van der Waals surface area (Å²) in [6.07, 6.45) is 1.45. The Morgan fingerprint density at radius 2 is 1.34 bits per heavy atom. The Kier molecular flexibility index (Phi) is 9.77. The van der Waals surface area contributed by atoms with Crippen LogP contribution in [0.15, 0.2) is 57.5 Å². The molecule has 172 valence electrons. The third-order valence-corrected chi connectivity index (χ3v) is 7.65. The molecule has 0 aromatic heterocycles. The molecule has 1 heterocycles. The zero-order chi connectivity index (χ0) is 23.1. The first kappa shape index (κ1) is 25.4. The van der Waals surface area contributed by atoms with E-state index in [-0.39, 0.29) is 10.9 Å². The van der Waals surface area contributed by atoms with Crippen molar-refractivity contribution in [3.8, 4) is 0 Å². The fraction of sp³-hybridized carbons (Fsp3) is 0.417. The van der Waals surface area contributed by atoms with E-state index in [4.69, 9.17) is 14.2 Å². The van der Waals surface area contributed by atoms with Crippen LogP contribution in [0.2, 0.25) is 0 Å². The third kappa shape index (κ3) is 7.14. The van der Waals surface area contributed by atoms with Crippen molar-refractivity contribution in [2.24, 2.45) is 0 Å². The molecular weight excluding hydrogens is 608 g/mol. The quantitative estimate of drug-likeness (QED) is 0.262. The zero-order valence-electron chi connectivity index (χ0n) is 17.6. The molecule has 0 saturated carbocycles. The van der Waals surface area contributed by atoms with Gasteiger partial charge in [0.25, 0.3) is 0 Å². The van der Waals surface area contributed by atoms with Gasteiger partial charge in [0.05, 0.1) is 23.8 Å². The van der Waals surface area contributed by atoms with Crippen molar-refractivity contribution in [2.45, 2.75) is 55.7 Å². The van der Waals surface area contributed by atoms with Crippen molar-refractivity contribution in [3.05, 3.63) is 68.6 Å². The fourth-order valence-corrected chi connectivity index (χ4v) is 4.47. The monoisotopic (exact) mass is 630 g/mol. The molecule has 0 spiro atoms. The van der Waals surface area contributed by atoms with Crippen molar-refractivity contribution in [3.63, 3.8) is 0 Å². The number of carbonyl (C=O) groups excluding carboxylic acids is 2. The lowest BCUT2D eigenvalue weighted by Gasteiger charge is -2.32. The largest absolute Gasteiger partial charge is 0.455 e. The summed E-state index contributed by atoms with van der Waals surface area (Å²) in [6.45, 7) is 2.51. The number of rotatable bonds is 6. The van der Waals surface area contributed by atoms with Gasteiger partial charge in [-0.05, 0) is 67.8 Å². The van der Waals surface area contributed by atoms with E-state index in [9.17, 15) is 9.59 Å². The van der Waals surface area contributed by atoms with E-state index in [1.807, 2.05) is 0 Å². The third-order valence-electron chi connectivity index (χ3n) is 5.35.